The van der Waals surface area contributed by atoms with Gasteiger partial charge in [-0.1, -0.05) is 6.92 Å². The summed E-state index contributed by atoms with van der Waals surface area (Å²) in [7, 11) is 0. The number of nitrogens with zero attached hydrogens (tertiary/aromatic N) is 1. The van der Waals surface area contributed by atoms with Crippen LogP contribution in [0.25, 0.3) is 0 Å². The molecule has 5 heteroatoms. The van der Waals surface area contributed by atoms with Crippen molar-refractivity contribution in [1.29, 1.82) is 0 Å². The molecule has 0 bridgehead atoms. The SMILES string of the molecule is CCC(CN)C(=O)N(CC)CC(=O)O. The van der Waals surface area contributed by atoms with E-state index in [0.717, 1.165) is 0 Å². The zero-order valence-electron chi connectivity index (χ0n) is 8.69. The van der Waals surface area contributed by atoms with Crippen molar-refractivity contribution in [3.8, 4) is 0 Å². The fraction of sp³-hybridized carbons (Fsp3) is 0.778. The van der Waals surface area contributed by atoms with Gasteiger partial charge in [0.25, 0.3) is 0 Å². The van der Waals surface area contributed by atoms with Crippen molar-refractivity contribution >= 4 is 11.9 Å². The van der Waals surface area contributed by atoms with E-state index < -0.39 is 5.97 Å². The number of hydrogen-bond donors (Lipinski definition) is 2. The third-order valence-electron chi connectivity index (χ3n) is 2.15. The van der Waals surface area contributed by atoms with E-state index in [1.165, 1.54) is 4.90 Å². The molecule has 0 aliphatic carbocycles. The molecule has 0 rings (SSSR count). The molecule has 1 amide bonds. The van der Waals surface area contributed by atoms with Crippen LogP contribution < -0.4 is 5.73 Å². The minimum Gasteiger partial charge on any atom is -0.480 e. The highest BCUT2D eigenvalue weighted by atomic mass is 16.4. The number of hydrogen-bond acceptors (Lipinski definition) is 3. The van der Waals surface area contributed by atoms with Gasteiger partial charge in [-0.2, -0.15) is 0 Å². The topological polar surface area (TPSA) is 83.6 Å². The molecule has 0 aliphatic rings. The van der Waals surface area contributed by atoms with E-state index in [9.17, 15) is 9.59 Å². The van der Waals surface area contributed by atoms with Crippen LogP contribution in [0, 0.1) is 5.92 Å². The average molecular weight is 202 g/mol. The van der Waals surface area contributed by atoms with Gasteiger partial charge in [0.2, 0.25) is 5.91 Å². The van der Waals surface area contributed by atoms with Gasteiger partial charge in [0.15, 0.2) is 0 Å². The summed E-state index contributed by atoms with van der Waals surface area (Å²) < 4.78 is 0. The first-order valence-electron chi connectivity index (χ1n) is 4.77. The van der Waals surface area contributed by atoms with E-state index in [-0.39, 0.29) is 24.9 Å². The summed E-state index contributed by atoms with van der Waals surface area (Å²) >= 11 is 0. The highest BCUT2D eigenvalue weighted by Gasteiger charge is 2.21. The number of carbonyl (C=O) groups excluding carboxylic acids is 1. The molecular weight excluding hydrogens is 184 g/mol. The second-order valence-electron chi connectivity index (χ2n) is 3.09. The Kier molecular flexibility index (Phi) is 5.87. The molecule has 0 radical (unpaired) electrons. The average Bonchev–Trinajstić information content (AvgIpc) is 2.15. The molecule has 0 fully saturated rings. The highest BCUT2D eigenvalue weighted by molar-refractivity contribution is 5.83. The van der Waals surface area contributed by atoms with Crippen molar-refractivity contribution in [1.82, 2.24) is 4.90 Å². The number of nitrogens with two attached hydrogens (primary N) is 1. The minimum absolute atomic E-state index is 0.167. The van der Waals surface area contributed by atoms with Gasteiger partial charge in [-0.05, 0) is 13.3 Å². The maximum absolute atomic E-state index is 11.7. The first-order valence-corrected chi connectivity index (χ1v) is 4.77. The summed E-state index contributed by atoms with van der Waals surface area (Å²) in [6.45, 7) is 4.05. The third-order valence-corrected chi connectivity index (χ3v) is 2.15. The smallest absolute Gasteiger partial charge is 0.323 e. The zero-order valence-corrected chi connectivity index (χ0v) is 8.69. The summed E-state index contributed by atoms with van der Waals surface area (Å²) in [5, 5.41) is 8.57. The lowest BCUT2D eigenvalue weighted by molar-refractivity contribution is -0.146. The molecule has 0 spiro atoms. The van der Waals surface area contributed by atoms with Crippen LogP contribution in [0.5, 0.6) is 0 Å². The molecule has 0 aromatic rings. The molecule has 0 saturated heterocycles. The Morgan fingerprint density at radius 1 is 1.43 bits per heavy atom. The fourth-order valence-electron chi connectivity index (χ4n) is 1.21. The maximum Gasteiger partial charge on any atom is 0.323 e. The van der Waals surface area contributed by atoms with E-state index in [1.54, 1.807) is 6.92 Å². The summed E-state index contributed by atoms with van der Waals surface area (Å²) in [4.78, 5) is 23.4. The lowest BCUT2D eigenvalue weighted by atomic mass is 10.1. The van der Waals surface area contributed by atoms with Crippen molar-refractivity contribution in [3.63, 3.8) is 0 Å². The number of carbonyl (C=O) groups is 2. The van der Waals surface area contributed by atoms with E-state index in [4.69, 9.17) is 10.8 Å². The molecule has 14 heavy (non-hydrogen) atoms. The van der Waals surface area contributed by atoms with Gasteiger partial charge in [-0.25, -0.2) is 0 Å². The van der Waals surface area contributed by atoms with Gasteiger partial charge in [0, 0.05) is 13.1 Å². The van der Waals surface area contributed by atoms with Crippen molar-refractivity contribution in [3.05, 3.63) is 0 Å². The van der Waals surface area contributed by atoms with Crippen LogP contribution in [0.1, 0.15) is 20.3 Å². The second kappa shape index (κ2) is 6.37. The van der Waals surface area contributed by atoms with Crippen LogP contribution in [0.2, 0.25) is 0 Å². The van der Waals surface area contributed by atoms with E-state index >= 15 is 0 Å². The summed E-state index contributed by atoms with van der Waals surface area (Å²) in [5.41, 5.74) is 5.41. The van der Waals surface area contributed by atoms with Crippen LogP contribution in [0.4, 0.5) is 0 Å². The standard InChI is InChI=1S/C9H18N2O3/c1-3-7(5-10)9(14)11(4-2)6-8(12)13/h7H,3-6,10H2,1-2H3,(H,12,13). The van der Waals surface area contributed by atoms with Crippen molar-refractivity contribution in [2.75, 3.05) is 19.6 Å². The van der Waals surface area contributed by atoms with Crippen LogP contribution >= 0.6 is 0 Å². The Labute approximate surface area is 83.9 Å². The molecule has 0 aromatic heterocycles. The van der Waals surface area contributed by atoms with Gasteiger partial charge in [0.05, 0.1) is 5.92 Å². The predicted octanol–water partition coefficient (Wildman–Crippen LogP) is -0.0956. The summed E-state index contributed by atoms with van der Waals surface area (Å²) in [6.07, 6.45) is 0.644. The predicted molar refractivity (Wildman–Crippen MR) is 52.7 cm³/mol. The number of likely N-dealkylation sites (N-methyl/N-ethyl adjacent to an activating group) is 1. The van der Waals surface area contributed by atoms with Crippen LogP contribution in [0.3, 0.4) is 0 Å². The first kappa shape index (κ1) is 12.9. The number of rotatable bonds is 6. The third kappa shape index (κ3) is 3.74. The van der Waals surface area contributed by atoms with Gasteiger partial charge in [-0.3, -0.25) is 9.59 Å². The van der Waals surface area contributed by atoms with Crippen LogP contribution in [-0.2, 0) is 9.59 Å². The monoisotopic (exact) mass is 202 g/mol. The molecule has 3 N–H and O–H groups in total. The van der Waals surface area contributed by atoms with Gasteiger partial charge < -0.3 is 15.7 Å². The van der Waals surface area contributed by atoms with E-state index in [1.807, 2.05) is 6.92 Å². The van der Waals surface area contributed by atoms with Crippen molar-refractivity contribution in [2.24, 2.45) is 11.7 Å². The van der Waals surface area contributed by atoms with Crippen molar-refractivity contribution < 1.29 is 14.7 Å². The number of aliphatic carboxylic acids is 1. The normalized spacial score (nSPS) is 12.2. The van der Waals surface area contributed by atoms with E-state index in [2.05, 4.69) is 0 Å². The number of carboxylic acids is 1. The maximum atomic E-state index is 11.7. The largest absolute Gasteiger partial charge is 0.480 e. The van der Waals surface area contributed by atoms with Crippen LogP contribution in [0.15, 0.2) is 0 Å². The van der Waals surface area contributed by atoms with E-state index in [0.29, 0.717) is 13.0 Å². The Bertz CT molecular complexity index is 202. The Morgan fingerprint density at radius 2 is 2.00 bits per heavy atom. The van der Waals surface area contributed by atoms with Crippen LogP contribution in [-0.4, -0.2) is 41.5 Å². The highest BCUT2D eigenvalue weighted by Crippen LogP contribution is 2.05. The summed E-state index contributed by atoms with van der Waals surface area (Å²) in [6, 6.07) is 0. The van der Waals surface area contributed by atoms with Gasteiger partial charge in [-0.15, -0.1) is 0 Å². The molecular formula is C9H18N2O3. The molecule has 0 heterocycles. The Balaban J connectivity index is 4.35. The molecule has 82 valence electrons. The molecule has 1 atom stereocenters. The Morgan fingerprint density at radius 3 is 2.29 bits per heavy atom. The molecule has 0 aromatic carbocycles. The lowest BCUT2D eigenvalue weighted by Crippen LogP contribution is -2.41. The molecule has 0 saturated carbocycles. The number of amides is 1. The minimum atomic E-state index is -0.993. The number of carboxylic acid groups (broad SMARTS) is 1. The van der Waals surface area contributed by atoms with Gasteiger partial charge >= 0.3 is 5.97 Å². The van der Waals surface area contributed by atoms with Gasteiger partial charge in [0.1, 0.15) is 6.54 Å². The molecule has 5 nitrogen and oxygen atoms in total. The fourth-order valence-corrected chi connectivity index (χ4v) is 1.21. The quantitative estimate of drug-likeness (QED) is 0.630. The first-order chi connectivity index (χ1) is 6.56. The second-order valence-corrected chi connectivity index (χ2v) is 3.09. The molecule has 0 aliphatic heterocycles. The zero-order chi connectivity index (χ0) is 11.1. The molecule has 1 unspecified atom stereocenters. The Hall–Kier alpha value is -1.10. The summed E-state index contributed by atoms with van der Waals surface area (Å²) in [5.74, 6) is -1.42. The van der Waals surface area contributed by atoms with Crippen molar-refractivity contribution in [2.45, 2.75) is 20.3 Å². The lowest BCUT2D eigenvalue weighted by Gasteiger charge is -2.23.